The van der Waals surface area contributed by atoms with Gasteiger partial charge in [-0.25, -0.2) is 5.43 Å². The molecule has 0 saturated carbocycles. The van der Waals surface area contributed by atoms with Crippen LogP contribution in [0.1, 0.15) is 49.2 Å². The molecule has 2 rings (SSSR count). The summed E-state index contributed by atoms with van der Waals surface area (Å²) in [7, 11) is 0. The molecule has 0 aliphatic carbocycles. The lowest BCUT2D eigenvalue weighted by Crippen LogP contribution is -2.20. The summed E-state index contributed by atoms with van der Waals surface area (Å²) in [6.45, 7) is 8.22. The average molecular weight is 349 g/mol. The highest BCUT2D eigenvalue weighted by Crippen LogP contribution is 2.22. The molecule has 134 valence electrons. The molecule has 2 aromatic carbocycles. The molecule has 0 atom stereocenters. The van der Waals surface area contributed by atoms with E-state index in [1.165, 1.54) is 5.56 Å². The number of hydrogen-bond donors (Lipinski definition) is 1. The molecule has 0 unspecified atom stereocenters. The van der Waals surface area contributed by atoms with Crippen LogP contribution in [0.15, 0.2) is 53.6 Å². The van der Waals surface area contributed by atoms with Gasteiger partial charge in [-0.1, -0.05) is 32.9 Å². The molecule has 0 fully saturated rings. The lowest BCUT2D eigenvalue weighted by molar-refractivity contribution is 0.0955. The van der Waals surface area contributed by atoms with Crippen molar-refractivity contribution >= 4 is 11.6 Å². The fourth-order valence-electron chi connectivity index (χ4n) is 2.29. The highest BCUT2D eigenvalue weighted by atomic mass is 16.5. The van der Waals surface area contributed by atoms with Crippen molar-refractivity contribution in [2.75, 3.05) is 6.61 Å². The maximum Gasteiger partial charge on any atom is 0.271 e. The molecular formula is C21H23N3O2. The highest BCUT2D eigenvalue weighted by molar-refractivity contribution is 6.00. The molecule has 0 radical (unpaired) electrons. The first kappa shape index (κ1) is 19.2. The summed E-state index contributed by atoms with van der Waals surface area (Å²) < 4.78 is 5.21. The van der Waals surface area contributed by atoms with Crippen molar-refractivity contribution in [3.05, 3.63) is 65.2 Å². The third kappa shape index (κ3) is 5.18. The maximum atomic E-state index is 12.2. The van der Waals surface area contributed by atoms with Crippen molar-refractivity contribution in [2.24, 2.45) is 5.10 Å². The topological polar surface area (TPSA) is 74.5 Å². The van der Waals surface area contributed by atoms with Crippen LogP contribution in [0.25, 0.3) is 0 Å². The Morgan fingerprint density at radius 1 is 1.08 bits per heavy atom. The van der Waals surface area contributed by atoms with Crippen LogP contribution < -0.4 is 10.2 Å². The van der Waals surface area contributed by atoms with Gasteiger partial charge in [-0.15, -0.1) is 0 Å². The van der Waals surface area contributed by atoms with Crippen molar-refractivity contribution in [3.63, 3.8) is 0 Å². The Morgan fingerprint density at radius 3 is 2.19 bits per heavy atom. The number of ether oxygens (including phenoxy) is 1. The summed E-state index contributed by atoms with van der Waals surface area (Å²) in [5.74, 6) is 0.366. The van der Waals surface area contributed by atoms with Crippen LogP contribution in [-0.4, -0.2) is 18.2 Å². The van der Waals surface area contributed by atoms with E-state index in [4.69, 9.17) is 10.00 Å². The lowest BCUT2D eigenvalue weighted by atomic mass is 9.87. The Labute approximate surface area is 154 Å². The largest absolute Gasteiger partial charge is 0.479 e. The molecule has 1 amide bonds. The Kier molecular flexibility index (Phi) is 6.13. The molecule has 5 nitrogen and oxygen atoms in total. The Morgan fingerprint density at radius 2 is 1.65 bits per heavy atom. The number of amides is 1. The SMILES string of the molecule is C/C(=N/NC(=O)c1ccc(C(C)(C)C)cc1)c1ccc(OCC#N)cc1. The number of carbonyl (C=O) groups excluding carboxylic acids is 1. The standard InChI is InChI=1S/C21H23N3O2/c1-15(16-7-11-19(12-8-16)26-14-13-22)23-24-20(25)17-5-9-18(10-6-17)21(2,3)4/h5-12H,14H2,1-4H3,(H,24,25)/b23-15-. The van der Waals surface area contributed by atoms with E-state index in [9.17, 15) is 4.79 Å². The number of carbonyl (C=O) groups is 1. The highest BCUT2D eigenvalue weighted by Gasteiger charge is 2.14. The molecule has 26 heavy (non-hydrogen) atoms. The number of nitrogens with zero attached hydrogens (tertiary/aromatic N) is 2. The van der Waals surface area contributed by atoms with Crippen LogP contribution in [0.5, 0.6) is 5.75 Å². The van der Waals surface area contributed by atoms with Crippen molar-refractivity contribution < 1.29 is 9.53 Å². The summed E-state index contributed by atoms with van der Waals surface area (Å²) in [6, 6.07) is 16.6. The van der Waals surface area contributed by atoms with Gasteiger partial charge in [-0.05, 0) is 59.9 Å². The van der Waals surface area contributed by atoms with Gasteiger partial charge >= 0.3 is 0 Å². The second kappa shape index (κ2) is 8.30. The molecular weight excluding hydrogens is 326 g/mol. The summed E-state index contributed by atoms with van der Waals surface area (Å²) in [4.78, 5) is 12.2. The average Bonchev–Trinajstić information content (AvgIpc) is 2.64. The number of hydrazone groups is 1. The molecule has 5 heteroatoms. The molecule has 1 N–H and O–H groups in total. The number of hydrogen-bond acceptors (Lipinski definition) is 4. The zero-order chi connectivity index (χ0) is 19.2. The molecule has 0 aliphatic rings. The van der Waals surface area contributed by atoms with Crippen molar-refractivity contribution in [1.82, 2.24) is 5.43 Å². The molecule has 0 bridgehead atoms. The smallest absolute Gasteiger partial charge is 0.271 e. The van der Waals surface area contributed by atoms with Crippen LogP contribution >= 0.6 is 0 Å². The summed E-state index contributed by atoms with van der Waals surface area (Å²) >= 11 is 0. The van der Waals surface area contributed by atoms with Gasteiger partial charge in [-0.2, -0.15) is 10.4 Å². The van der Waals surface area contributed by atoms with Crippen LogP contribution in [0.2, 0.25) is 0 Å². The predicted molar refractivity (Wildman–Crippen MR) is 102 cm³/mol. The van der Waals surface area contributed by atoms with Gasteiger partial charge < -0.3 is 4.74 Å². The number of nitrogens with one attached hydrogen (secondary N) is 1. The number of nitriles is 1. The van der Waals surface area contributed by atoms with Crippen molar-refractivity contribution in [3.8, 4) is 11.8 Å². The fraction of sp³-hybridized carbons (Fsp3) is 0.286. The molecule has 0 aromatic heterocycles. The predicted octanol–water partition coefficient (Wildman–Crippen LogP) is 4.04. The van der Waals surface area contributed by atoms with Gasteiger partial charge in [0.25, 0.3) is 5.91 Å². The van der Waals surface area contributed by atoms with Gasteiger partial charge in [0.15, 0.2) is 6.61 Å². The molecule has 0 spiro atoms. The first-order chi connectivity index (χ1) is 12.3. The van der Waals surface area contributed by atoms with Gasteiger partial charge in [0.05, 0.1) is 5.71 Å². The van der Waals surface area contributed by atoms with Gasteiger partial charge in [0.2, 0.25) is 0 Å². The van der Waals surface area contributed by atoms with E-state index in [1.807, 2.05) is 49.4 Å². The van der Waals surface area contributed by atoms with E-state index in [0.29, 0.717) is 17.0 Å². The van der Waals surface area contributed by atoms with E-state index in [2.05, 4.69) is 31.3 Å². The summed E-state index contributed by atoms with van der Waals surface area (Å²) in [5, 5.41) is 12.7. The van der Waals surface area contributed by atoms with E-state index >= 15 is 0 Å². The third-order valence-electron chi connectivity index (χ3n) is 3.91. The Hall–Kier alpha value is -3.13. The minimum Gasteiger partial charge on any atom is -0.479 e. The minimum atomic E-state index is -0.251. The molecule has 2 aromatic rings. The van der Waals surface area contributed by atoms with Crippen LogP contribution in [0.3, 0.4) is 0 Å². The van der Waals surface area contributed by atoms with E-state index < -0.39 is 0 Å². The van der Waals surface area contributed by atoms with Gasteiger partial charge in [-0.3, -0.25) is 4.79 Å². The minimum absolute atomic E-state index is 0.0104. The van der Waals surface area contributed by atoms with Crippen LogP contribution in [-0.2, 0) is 5.41 Å². The summed E-state index contributed by atoms with van der Waals surface area (Å²) in [5.41, 5.74) is 5.90. The second-order valence-corrected chi connectivity index (χ2v) is 6.94. The van der Waals surface area contributed by atoms with Crippen molar-refractivity contribution in [2.45, 2.75) is 33.1 Å². The van der Waals surface area contributed by atoms with E-state index in [1.54, 1.807) is 12.1 Å². The molecule has 0 saturated heterocycles. The molecule has 0 heterocycles. The zero-order valence-electron chi connectivity index (χ0n) is 15.5. The zero-order valence-corrected chi connectivity index (χ0v) is 15.5. The summed E-state index contributed by atoms with van der Waals surface area (Å²) in [6.07, 6.45) is 0. The monoisotopic (exact) mass is 349 g/mol. The second-order valence-electron chi connectivity index (χ2n) is 6.94. The number of rotatable bonds is 5. The Balaban J connectivity index is 2.01. The normalized spacial score (nSPS) is 11.6. The quantitative estimate of drug-likeness (QED) is 0.654. The van der Waals surface area contributed by atoms with Crippen LogP contribution in [0.4, 0.5) is 0 Å². The van der Waals surface area contributed by atoms with Crippen LogP contribution in [0, 0.1) is 11.3 Å². The maximum absolute atomic E-state index is 12.2. The Bertz CT molecular complexity index is 824. The number of benzene rings is 2. The van der Waals surface area contributed by atoms with E-state index in [0.717, 1.165) is 5.56 Å². The van der Waals surface area contributed by atoms with Gasteiger partial charge in [0.1, 0.15) is 11.8 Å². The third-order valence-corrected chi connectivity index (χ3v) is 3.91. The molecule has 0 aliphatic heterocycles. The fourth-order valence-corrected chi connectivity index (χ4v) is 2.29. The van der Waals surface area contributed by atoms with Crippen molar-refractivity contribution in [1.29, 1.82) is 5.26 Å². The lowest BCUT2D eigenvalue weighted by Gasteiger charge is -2.18. The van der Waals surface area contributed by atoms with E-state index in [-0.39, 0.29) is 17.9 Å². The first-order valence-corrected chi connectivity index (χ1v) is 8.36. The first-order valence-electron chi connectivity index (χ1n) is 8.36. The van der Waals surface area contributed by atoms with Gasteiger partial charge in [0, 0.05) is 5.56 Å².